The van der Waals surface area contributed by atoms with Crippen LogP contribution in [0.4, 0.5) is 0 Å². The lowest BCUT2D eigenvalue weighted by molar-refractivity contribution is 1.06. The summed E-state index contributed by atoms with van der Waals surface area (Å²) in [4.78, 5) is 15.0. The van der Waals surface area contributed by atoms with Gasteiger partial charge in [-0.25, -0.2) is 15.0 Å². The van der Waals surface area contributed by atoms with E-state index in [2.05, 4.69) is 28.8 Å². The first-order chi connectivity index (χ1) is 24.1. The molecule has 8 aromatic rings. The van der Waals surface area contributed by atoms with Crippen molar-refractivity contribution >= 4 is 21.8 Å². The molecule has 0 aliphatic rings. The maximum Gasteiger partial charge on any atom is 0.166 e. The Bertz CT molecular complexity index is 2560. The summed E-state index contributed by atoms with van der Waals surface area (Å²) in [7, 11) is 0. The molecule has 0 aliphatic heterocycles. The van der Waals surface area contributed by atoms with E-state index < -0.39 is 0 Å². The third-order valence-corrected chi connectivity index (χ3v) is 8.53. The number of aromatic nitrogens is 4. The Morgan fingerprint density at radius 2 is 0.898 bits per heavy atom. The van der Waals surface area contributed by atoms with Crippen molar-refractivity contribution in [3.05, 3.63) is 156 Å². The molecule has 0 unspecified atom stereocenters. The van der Waals surface area contributed by atoms with Crippen molar-refractivity contribution in [2.75, 3.05) is 0 Å². The highest BCUT2D eigenvalue weighted by atomic mass is 15.1. The Kier molecular flexibility index (Phi) is 7.16. The molecule has 2 aromatic heterocycles. The number of hydrogen-bond acceptors (Lipinski definition) is 6. The van der Waals surface area contributed by atoms with Crippen molar-refractivity contribution in [1.82, 2.24) is 19.5 Å². The highest BCUT2D eigenvalue weighted by Crippen LogP contribution is 2.39. The van der Waals surface area contributed by atoms with E-state index in [4.69, 9.17) is 15.0 Å². The molecule has 7 heteroatoms. The molecule has 6 aromatic carbocycles. The van der Waals surface area contributed by atoms with E-state index in [1.807, 2.05) is 115 Å². The maximum atomic E-state index is 9.91. The molecule has 0 saturated heterocycles. The third kappa shape index (κ3) is 5.22. The number of nitriles is 3. The van der Waals surface area contributed by atoms with E-state index in [9.17, 15) is 15.8 Å². The van der Waals surface area contributed by atoms with Gasteiger partial charge in [-0.15, -0.1) is 0 Å². The topological polar surface area (TPSA) is 115 Å². The lowest BCUT2D eigenvalue weighted by Crippen LogP contribution is -2.04. The van der Waals surface area contributed by atoms with Gasteiger partial charge in [0, 0.05) is 27.5 Å². The first-order valence-corrected chi connectivity index (χ1v) is 15.5. The van der Waals surface area contributed by atoms with Crippen LogP contribution in [0.3, 0.4) is 0 Å². The number of nitrogens with zero attached hydrogens (tertiary/aromatic N) is 7. The van der Waals surface area contributed by atoms with Gasteiger partial charge in [-0.3, -0.25) is 0 Å². The van der Waals surface area contributed by atoms with Crippen LogP contribution in [0, 0.1) is 34.0 Å². The van der Waals surface area contributed by atoms with Gasteiger partial charge in [0.2, 0.25) is 0 Å². The molecule has 7 nitrogen and oxygen atoms in total. The standard InChI is InChI=1S/C42H23N7/c43-24-27-8-7-13-32(20-27)33-16-19-36(42-47-40(30-9-3-1-4-10-30)46-41(48-42)31-11-5-2-6-12-31)39(23-33)49-37-21-28(25-44)14-17-34(37)35-18-15-29(26-45)22-38(35)49/h1-23H. The van der Waals surface area contributed by atoms with E-state index in [-0.39, 0.29) is 0 Å². The highest BCUT2D eigenvalue weighted by molar-refractivity contribution is 6.10. The summed E-state index contributed by atoms with van der Waals surface area (Å²) in [6.45, 7) is 0. The maximum absolute atomic E-state index is 9.91. The molecule has 0 N–H and O–H groups in total. The Morgan fingerprint density at radius 1 is 0.408 bits per heavy atom. The van der Waals surface area contributed by atoms with Crippen LogP contribution in [0.2, 0.25) is 0 Å². The van der Waals surface area contributed by atoms with Crippen LogP contribution in [0.15, 0.2) is 140 Å². The van der Waals surface area contributed by atoms with E-state index in [1.165, 1.54) is 0 Å². The van der Waals surface area contributed by atoms with Gasteiger partial charge < -0.3 is 4.57 Å². The Morgan fingerprint density at radius 3 is 1.45 bits per heavy atom. The summed E-state index contributed by atoms with van der Waals surface area (Å²) in [6.07, 6.45) is 0. The number of rotatable bonds is 5. The van der Waals surface area contributed by atoms with Crippen molar-refractivity contribution in [2.24, 2.45) is 0 Å². The highest BCUT2D eigenvalue weighted by Gasteiger charge is 2.21. The van der Waals surface area contributed by atoms with E-state index in [0.717, 1.165) is 55.3 Å². The number of benzene rings is 6. The minimum atomic E-state index is 0.461. The molecule has 0 aliphatic carbocycles. The normalized spacial score (nSPS) is 10.8. The second kappa shape index (κ2) is 12.1. The fourth-order valence-electron chi connectivity index (χ4n) is 6.20. The van der Waals surface area contributed by atoms with Gasteiger partial charge in [-0.05, 0) is 59.7 Å². The summed E-state index contributed by atoms with van der Waals surface area (Å²) in [5, 5.41) is 31.4. The molecule has 0 bridgehead atoms. The molecular weight excluding hydrogens is 603 g/mol. The van der Waals surface area contributed by atoms with Crippen LogP contribution in [0.5, 0.6) is 0 Å². The fraction of sp³-hybridized carbons (Fsp3) is 0. The Labute approximate surface area is 281 Å². The monoisotopic (exact) mass is 625 g/mol. The molecular formula is C42H23N7. The zero-order valence-corrected chi connectivity index (χ0v) is 25.9. The molecule has 0 amide bonds. The second-order valence-corrected chi connectivity index (χ2v) is 11.5. The molecule has 2 heterocycles. The van der Waals surface area contributed by atoms with Crippen LogP contribution in [-0.4, -0.2) is 19.5 Å². The second-order valence-electron chi connectivity index (χ2n) is 11.5. The van der Waals surface area contributed by atoms with Crippen LogP contribution in [-0.2, 0) is 0 Å². The molecule has 8 rings (SSSR count). The van der Waals surface area contributed by atoms with E-state index >= 15 is 0 Å². The fourth-order valence-corrected chi connectivity index (χ4v) is 6.20. The summed E-state index contributed by atoms with van der Waals surface area (Å²) >= 11 is 0. The van der Waals surface area contributed by atoms with Gasteiger partial charge in [0.05, 0.1) is 51.6 Å². The lowest BCUT2D eigenvalue weighted by Gasteiger charge is -2.16. The van der Waals surface area contributed by atoms with Crippen molar-refractivity contribution < 1.29 is 0 Å². The molecule has 0 radical (unpaired) electrons. The molecule has 226 valence electrons. The quantitative estimate of drug-likeness (QED) is 0.188. The van der Waals surface area contributed by atoms with Gasteiger partial charge in [0.1, 0.15) is 0 Å². The summed E-state index contributed by atoms with van der Waals surface area (Å²) in [6, 6.07) is 51.2. The predicted molar refractivity (Wildman–Crippen MR) is 190 cm³/mol. The zero-order valence-electron chi connectivity index (χ0n) is 25.9. The smallest absolute Gasteiger partial charge is 0.166 e. The summed E-state index contributed by atoms with van der Waals surface area (Å²) < 4.78 is 2.08. The van der Waals surface area contributed by atoms with Gasteiger partial charge in [0.25, 0.3) is 0 Å². The van der Waals surface area contributed by atoms with Crippen LogP contribution < -0.4 is 0 Å². The minimum Gasteiger partial charge on any atom is -0.308 e. The molecule has 0 saturated carbocycles. The molecule has 49 heavy (non-hydrogen) atoms. The van der Waals surface area contributed by atoms with Crippen molar-refractivity contribution in [3.63, 3.8) is 0 Å². The van der Waals surface area contributed by atoms with Gasteiger partial charge in [-0.1, -0.05) is 91.0 Å². The first kappa shape index (κ1) is 29.0. The van der Waals surface area contributed by atoms with Crippen LogP contribution in [0.1, 0.15) is 16.7 Å². The van der Waals surface area contributed by atoms with Crippen molar-refractivity contribution in [3.8, 4) is 69.2 Å². The summed E-state index contributed by atoms with van der Waals surface area (Å²) in [5.41, 5.74) is 8.08. The van der Waals surface area contributed by atoms with Crippen molar-refractivity contribution in [1.29, 1.82) is 15.8 Å². The predicted octanol–water partition coefficient (Wildman–Crippen LogP) is 9.25. The Hall–Kier alpha value is -7.40. The molecule has 0 atom stereocenters. The lowest BCUT2D eigenvalue weighted by atomic mass is 10.00. The van der Waals surface area contributed by atoms with Gasteiger partial charge in [-0.2, -0.15) is 15.8 Å². The zero-order chi connectivity index (χ0) is 33.3. The average Bonchev–Trinajstić information content (AvgIpc) is 3.50. The number of hydrogen-bond donors (Lipinski definition) is 0. The molecule has 0 spiro atoms. The minimum absolute atomic E-state index is 0.461. The Balaban J connectivity index is 1.49. The van der Waals surface area contributed by atoms with Crippen LogP contribution in [0.25, 0.3) is 72.8 Å². The average molecular weight is 626 g/mol. The third-order valence-electron chi connectivity index (χ3n) is 8.53. The van der Waals surface area contributed by atoms with Crippen molar-refractivity contribution in [2.45, 2.75) is 0 Å². The van der Waals surface area contributed by atoms with E-state index in [1.54, 1.807) is 18.2 Å². The van der Waals surface area contributed by atoms with Gasteiger partial charge >= 0.3 is 0 Å². The van der Waals surface area contributed by atoms with Crippen LogP contribution >= 0.6 is 0 Å². The SMILES string of the molecule is N#Cc1cccc(-c2ccc(-c3nc(-c4ccccc4)nc(-c4ccccc4)n3)c(-n3c4cc(C#N)ccc4c4ccc(C#N)cc43)c2)c1. The largest absolute Gasteiger partial charge is 0.308 e. The number of fused-ring (bicyclic) bond motifs is 3. The first-order valence-electron chi connectivity index (χ1n) is 15.5. The van der Waals surface area contributed by atoms with E-state index in [0.29, 0.717) is 34.2 Å². The summed E-state index contributed by atoms with van der Waals surface area (Å²) in [5.74, 6) is 1.52. The molecule has 0 fully saturated rings. The van der Waals surface area contributed by atoms with Gasteiger partial charge in [0.15, 0.2) is 17.5 Å².